The highest BCUT2D eigenvalue weighted by Gasteiger charge is 2.36. The van der Waals surface area contributed by atoms with Crippen LogP contribution in [0.15, 0.2) is 4.52 Å². The van der Waals surface area contributed by atoms with Gasteiger partial charge in [-0.1, -0.05) is 5.16 Å². The number of methoxy groups -OCH3 is 1. The molecule has 2 aliphatic heterocycles. The third-order valence-corrected chi connectivity index (χ3v) is 7.18. The van der Waals surface area contributed by atoms with Gasteiger partial charge in [-0.05, 0) is 12.8 Å². The third-order valence-electron chi connectivity index (χ3n) is 5.18. The van der Waals surface area contributed by atoms with E-state index < -0.39 is 10.2 Å². The molecule has 0 spiro atoms. The molecule has 0 radical (unpaired) electrons. The molecule has 1 aromatic heterocycles. The molecule has 29 heavy (non-hydrogen) atoms. The number of ether oxygens (including phenoxy) is 2. The second-order valence-electron chi connectivity index (χ2n) is 7.17. The number of nitrogens with zero attached hydrogens (tertiary/aromatic N) is 5. The first-order valence-corrected chi connectivity index (χ1v) is 11.2. The first-order chi connectivity index (χ1) is 13.9. The summed E-state index contributed by atoms with van der Waals surface area (Å²) in [5, 5.41) is 3.90. The Morgan fingerprint density at radius 2 is 2.03 bits per heavy atom. The van der Waals surface area contributed by atoms with E-state index in [9.17, 15) is 13.2 Å². The number of amides is 1. The molecule has 0 aromatic carbocycles. The molecule has 3 heterocycles. The van der Waals surface area contributed by atoms with Crippen molar-refractivity contribution in [3.05, 3.63) is 11.7 Å². The highest BCUT2D eigenvalue weighted by Crippen LogP contribution is 2.22. The fraction of sp³-hybridized carbons (Fsp3) is 0.824. The maximum Gasteiger partial charge on any atom is 0.282 e. The molecule has 3 rings (SSSR count). The quantitative estimate of drug-likeness (QED) is 0.548. The second kappa shape index (κ2) is 9.94. The van der Waals surface area contributed by atoms with Crippen LogP contribution >= 0.6 is 0 Å². The van der Waals surface area contributed by atoms with Crippen LogP contribution in [0.3, 0.4) is 0 Å². The first kappa shape index (κ1) is 22.1. The van der Waals surface area contributed by atoms with E-state index in [2.05, 4.69) is 10.1 Å². The molecule has 2 fully saturated rings. The van der Waals surface area contributed by atoms with E-state index in [1.54, 1.807) is 12.0 Å². The molecule has 0 bridgehead atoms. The van der Waals surface area contributed by atoms with Gasteiger partial charge in [0.25, 0.3) is 16.1 Å². The lowest BCUT2D eigenvalue weighted by Gasteiger charge is -2.40. The molecule has 12 heteroatoms. The van der Waals surface area contributed by atoms with Gasteiger partial charge in [-0.2, -0.15) is 22.0 Å². The van der Waals surface area contributed by atoms with Crippen LogP contribution in [-0.2, 0) is 37.5 Å². The van der Waals surface area contributed by atoms with Gasteiger partial charge < -0.3 is 18.9 Å². The number of hydrogen-bond acceptors (Lipinski definition) is 8. The molecule has 2 saturated heterocycles. The Balaban J connectivity index is 1.63. The van der Waals surface area contributed by atoms with Gasteiger partial charge in [-0.25, -0.2) is 0 Å². The fourth-order valence-electron chi connectivity index (χ4n) is 3.72. The third kappa shape index (κ3) is 5.51. The van der Waals surface area contributed by atoms with Crippen LogP contribution in [0.4, 0.5) is 0 Å². The van der Waals surface area contributed by atoms with E-state index in [0.717, 1.165) is 6.42 Å². The average Bonchev–Trinajstić information content (AvgIpc) is 3.16. The normalized spacial score (nSPS) is 21.9. The van der Waals surface area contributed by atoms with Crippen LogP contribution in [0.2, 0.25) is 0 Å². The van der Waals surface area contributed by atoms with Gasteiger partial charge in [0.15, 0.2) is 5.82 Å². The smallest absolute Gasteiger partial charge is 0.282 e. The monoisotopic (exact) mass is 431 g/mol. The molecular formula is C17H29N5O6S. The summed E-state index contributed by atoms with van der Waals surface area (Å²) in [6.07, 6.45) is 1.90. The van der Waals surface area contributed by atoms with Crippen molar-refractivity contribution in [1.29, 1.82) is 0 Å². The summed E-state index contributed by atoms with van der Waals surface area (Å²) in [6, 6.07) is -0.178. The molecule has 0 aliphatic carbocycles. The minimum absolute atomic E-state index is 0.0961. The molecule has 0 N–H and O–H groups in total. The van der Waals surface area contributed by atoms with Crippen molar-refractivity contribution in [2.75, 3.05) is 53.0 Å². The van der Waals surface area contributed by atoms with Crippen LogP contribution in [0.5, 0.6) is 0 Å². The Kier molecular flexibility index (Phi) is 7.57. The van der Waals surface area contributed by atoms with Crippen molar-refractivity contribution >= 4 is 16.1 Å². The number of morpholine rings is 1. The van der Waals surface area contributed by atoms with Crippen molar-refractivity contribution in [2.45, 2.75) is 38.8 Å². The van der Waals surface area contributed by atoms with Crippen LogP contribution < -0.4 is 0 Å². The number of carbonyl (C=O) groups is 1. The standard InChI is InChI=1S/C17H29N5O6S/c1-14(23)22(7-5-16-18-17(13-26-2)28-19-16)15-4-3-6-21(12-15)29(24,25)20-8-10-27-11-9-20/h15H,3-13H2,1-2H3. The minimum Gasteiger partial charge on any atom is -0.379 e. The topological polar surface area (TPSA) is 118 Å². The molecule has 1 unspecified atom stereocenters. The van der Waals surface area contributed by atoms with Crippen LogP contribution in [0.25, 0.3) is 0 Å². The van der Waals surface area contributed by atoms with Gasteiger partial charge >= 0.3 is 0 Å². The highest BCUT2D eigenvalue weighted by molar-refractivity contribution is 7.86. The lowest BCUT2D eigenvalue weighted by atomic mass is 10.1. The summed E-state index contributed by atoms with van der Waals surface area (Å²) in [4.78, 5) is 18.2. The Hall–Kier alpha value is -1.60. The molecule has 1 aromatic rings. The number of carbonyl (C=O) groups excluding carboxylic acids is 1. The van der Waals surface area contributed by atoms with Crippen molar-refractivity contribution in [3.63, 3.8) is 0 Å². The van der Waals surface area contributed by atoms with Crippen LogP contribution in [0.1, 0.15) is 31.5 Å². The summed E-state index contributed by atoms with van der Waals surface area (Å²) in [7, 11) is -2.01. The predicted molar refractivity (Wildman–Crippen MR) is 102 cm³/mol. The van der Waals surface area contributed by atoms with Crippen molar-refractivity contribution in [1.82, 2.24) is 23.7 Å². The summed E-state index contributed by atoms with van der Waals surface area (Å²) >= 11 is 0. The van der Waals surface area contributed by atoms with Crippen molar-refractivity contribution < 1.29 is 27.2 Å². The molecule has 11 nitrogen and oxygen atoms in total. The maximum absolute atomic E-state index is 13.0. The molecule has 1 atom stereocenters. The van der Waals surface area contributed by atoms with Gasteiger partial charge in [0.2, 0.25) is 5.91 Å². The van der Waals surface area contributed by atoms with Gasteiger partial charge in [-0.3, -0.25) is 4.79 Å². The lowest BCUT2D eigenvalue weighted by Crippen LogP contribution is -2.56. The Morgan fingerprint density at radius 1 is 1.28 bits per heavy atom. The van der Waals surface area contributed by atoms with E-state index in [4.69, 9.17) is 14.0 Å². The molecule has 1 amide bonds. The number of piperidine rings is 1. The van der Waals surface area contributed by atoms with E-state index in [1.807, 2.05) is 0 Å². The van der Waals surface area contributed by atoms with Gasteiger partial charge in [0.1, 0.15) is 6.61 Å². The minimum atomic E-state index is -3.55. The highest BCUT2D eigenvalue weighted by atomic mass is 32.2. The lowest BCUT2D eigenvalue weighted by molar-refractivity contribution is -0.131. The largest absolute Gasteiger partial charge is 0.379 e. The predicted octanol–water partition coefficient (Wildman–Crippen LogP) is -0.352. The van der Waals surface area contributed by atoms with Crippen molar-refractivity contribution in [3.8, 4) is 0 Å². The zero-order valence-electron chi connectivity index (χ0n) is 16.9. The first-order valence-electron chi connectivity index (χ1n) is 9.82. The number of hydrogen-bond donors (Lipinski definition) is 0. The van der Waals surface area contributed by atoms with E-state index >= 15 is 0 Å². The van der Waals surface area contributed by atoms with E-state index in [-0.39, 0.29) is 18.6 Å². The van der Waals surface area contributed by atoms with Gasteiger partial charge in [0, 0.05) is 59.2 Å². The number of aromatic nitrogens is 2. The second-order valence-corrected chi connectivity index (χ2v) is 9.10. The molecule has 0 saturated carbocycles. The summed E-state index contributed by atoms with van der Waals surface area (Å²) in [5.74, 6) is 0.787. The van der Waals surface area contributed by atoms with Gasteiger partial charge in [0.05, 0.1) is 13.2 Å². The zero-order chi connectivity index (χ0) is 20.9. The Morgan fingerprint density at radius 3 is 2.72 bits per heavy atom. The molecular weight excluding hydrogens is 402 g/mol. The Labute approximate surface area is 171 Å². The van der Waals surface area contributed by atoms with Crippen LogP contribution in [0, 0.1) is 0 Å². The zero-order valence-corrected chi connectivity index (χ0v) is 17.8. The number of rotatable bonds is 8. The van der Waals surface area contributed by atoms with E-state index in [0.29, 0.717) is 70.5 Å². The molecule has 164 valence electrons. The fourth-order valence-corrected chi connectivity index (χ4v) is 5.37. The average molecular weight is 432 g/mol. The van der Waals surface area contributed by atoms with E-state index in [1.165, 1.54) is 15.5 Å². The summed E-state index contributed by atoms with van der Waals surface area (Å²) < 4.78 is 44.2. The summed E-state index contributed by atoms with van der Waals surface area (Å²) in [5.41, 5.74) is 0. The van der Waals surface area contributed by atoms with Crippen LogP contribution in [-0.4, -0.2) is 97.1 Å². The van der Waals surface area contributed by atoms with Gasteiger partial charge in [-0.15, -0.1) is 0 Å². The Bertz CT molecular complexity index is 779. The van der Waals surface area contributed by atoms with Crippen molar-refractivity contribution in [2.24, 2.45) is 0 Å². The molecule has 2 aliphatic rings. The summed E-state index contributed by atoms with van der Waals surface area (Å²) in [6.45, 7) is 4.44. The SMILES string of the molecule is COCc1nc(CCN(C(C)=O)C2CCCN(S(=O)(=O)N3CCOCC3)C2)no1. The maximum atomic E-state index is 13.0.